The summed E-state index contributed by atoms with van der Waals surface area (Å²) in [6.07, 6.45) is 14.6. The van der Waals surface area contributed by atoms with Crippen LogP contribution in [0.1, 0.15) is 84.0 Å². The van der Waals surface area contributed by atoms with Crippen LogP contribution < -0.4 is 0 Å². The van der Waals surface area contributed by atoms with E-state index in [2.05, 4.69) is 6.92 Å². The van der Waals surface area contributed by atoms with Crippen LogP contribution in [-0.4, -0.2) is 11.1 Å². The Hall–Kier alpha value is -0.530. The molecule has 0 aromatic carbocycles. The Morgan fingerprint density at radius 2 is 1.61 bits per heavy atom. The predicted molar refractivity (Wildman–Crippen MR) is 75.7 cm³/mol. The van der Waals surface area contributed by atoms with E-state index < -0.39 is 5.97 Å². The highest BCUT2D eigenvalue weighted by atomic mass is 16.4. The normalized spacial score (nSPS) is 18.1. The van der Waals surface area contributed by atoms with Crippen molar-refractivity contribution in [1.82, 2.24) is 0 Å². The van der Waals surface area contributed by atoms with Gasteiger partial charge in [-0.15, -0.1) is 0 Å². The van der Waals surface area contributed by atoms with E-state index in [-0.39, 0.29) is 5.92 Å². The Morgan fingerprint density at radius 3 is 2.17 bits per heavy atom. The summed E-state index contributed by atoms with van der Waals surface area (Å²) in [4.78, 5) is 11.3. The largest absolute Gasteiger partial charge is 0.481 e. The lowest BCUT2D eigenvalue weighted by atomic mass is 9.86. The molecule has 1 fully saturated rings. The molecule has 0 spiro atoms. The van der Waals surface area contributed by atoms with Crippen LogP contribution in [0.5, 0.6) is 0 Å². The zero-order valence-corrected chi connectivity index (χ0v) is 12.0. The maximum Gasteiger partial charge on any atom is 0.306 e. The molecule has 2 nitrogen and oxygen atoms in total. The average molecular weight is 254 g/mol. The summed E-state index contributed by atoms with van der Waals surface area (Å²) in [5.41, 5.74) is 0. The molecule has 1 aliphatic carbocycles. The van der Waals surface area contributed by atoms with Gasteiger partial charge in [0.25, 0.3) is 0 Å². The van der Waals surface area contributed by atoms with Gasteiger partial charge in [0.15, 0.2) is 0 Å². The molecule has 0 saturated heterocycles. The first-order valence-corrected chi connectivity index (χ1v) is 7.98. The Labute approximate surface area is 112 Å². The first kappa shape index (κ1) is 15.5. The van der Waals surface area contributed by atoms with E-state index in [9.17, 15) is 9.90 Å². The summed E-state index contributed by atoms with van der Waals surface area (Å²) in [6, 6.07) is 0. The highest BCUT2D eigenvalue weighted by molar-refractivity contribution is 5.70. The Balaban J connectivity index is 2.08. The van der Waals surface area contributed by atoms with Gasteiger partial charge in [0, 0.05) is 0 Å². The van der Waals surface area contributed by atoms with E-state index >= 15 is 0 Å². The number of carboxylic acid groups (broad SMARTS) is 1. The third kappa shape index (κ3) is 5.88. The molecule has 1 aliphatic rings. The van der Waals surface area contributed by atoms with Gasteiger partial charge in [-0.25, -0.2) is 0 Å². The summed E-state index contributed by atoms with van der Waals surface area (Å²) in [7, 11) is 0. The van der Waals surface area contributed by atoms with Crippen molar-refractivity contribution < 1.29 is 9.90 Å². The first-order valence-electron chi connectivity index (χ1n) is 7.98. The van der Waals surface area contributed by atoms with Gasteiger partial charge in [-0.3, -0.25) is 4.79 Å². The third-order valence-electron chi connectivity index (χ3n) is 4.40. The van der Waals surface area contributed by atoms with Crippen molar-refractivity contribution in [3.8, 4) is 0 Å². The number of rotatable bonds is 10. The van der Waals surface area contributed by atoms with Crippen molar-refractivity contribution in [2.24, 2.45) is 11.8 Å². The molecule has 0 amide bonds. The van der Waals surface area contributed by atoms with Crippen LogP contribution in [-0.2, 0) is 4.79 Å². The first-order chi connectivity index (χ1) is 8.75. The minimum atomic E-state index is -0.548. The van der Waals surface area contributed by atoms with E-state index in [1.54, 1.807) is 0 Å². The second-order valence-electron chi connectivity index (χ2n) is 5.90. The zero-order valence-electron chi connectivity index (χ0n) is 12.0. The average Bonchev–Trinajstić information content (AvgIpc) is 2.85. The van der Waals surface area contributed by atoms with Crippen molar-refractivity contribution >= 4 is 5.97 Å². The molecular weight excluding hydrogens is 224 g/mol. The van der Waals surface area contributed by atoms with E-state index in [1.165, 1.54) is 51.4 Å². The standard InChI is InChI=1S/C16H30O2/c1-2-3-4-5-6-7-8-13-15(16(17)18)14-11-9-10-12-14/h14-15H,2-13H2,1H3,(H,17,18). The zero-order chi connectivity index (χ0) is 13.2. The molecule has 1 unspecified atom stereocenters. The summed E-state index contributed by atoms with van der Waals surface area (Å²) in [5.74, 6) is -0.126. The van der Waals surface area contributed by atoms with Crippen LogP contribution in [0.4, 0.5) is 0 Å². The van der Waals surface area contributed by atoms with Crippen molar-refractivity contribution in [2.45, 2.75) is 84.0 Å². The maximum atomic E-state index is 11.3. The van der Waals surface area contributed by atoms with Crippen molar-refractivity contribution in [3.05, 3.63) is 0 Å². The van der Waals surface area contributed by atoms with E-state index in [1.807, 2.05) is 0 Å². The SMILES string of the molecule is CCCCCCCCCC(C(=O)O)C1CCCC1. The van der Waals surface area contributed by atoms with Crippen molar-refractivity contribution in [3.63, 3.8) is 0 Å². The van der Waals surface area contributed by atoms with Crippen LogP contribution in [0.15, 0.2) is 0 Å². The highest BCUT2D eigenvalue weighted by Crippen LogP contribution is 2.34. The molecule has 1 N–H and O–H groups in total. The monoisotopic (exact) mass is 254 g/mol. The molecule has 0 heterocycles. The van der Waals surface area contributed by atoms with Crippen molar-refractivity contribution in [2.75, 3.05) is 0 Å². The maximum absolute atomic E-state index is 11.3. The molecule has 1 atom stereocenters. The molecule has 0 aliphatic heterocycles. The minimum absolute atomic E-state index is 0.0526. The fourth-order valence-corrected chi connectivity index (χ4v) is 3.24. The topological polar surface area (TPSA) is 37.3 Å². The van der Waals surface area contributed by atoms with Gasteiger partial charge >= 0.3 is 5.97 Å². The molecule has 18 heavy (non-hydrogen) atoms. The predicted octanol–water partition coefficient (Wildman–Crippen LogP) is 5.02. The number of hydrogen-bond donors (Lipinski definition) is 1. The summed E-state index contributed by atoms with van der Waals surface area (Å²) in [5, 5.41) is 9.31. The number of aliphatic carboxylic acids is 1. The molecular formula is C16H30O2. The van der Waals surface area contributed by atoms with Crippen LogP contribution in [0.25, 0.3) is 0 Å². The molecule has 0 aromatic heterocycles. The lowest BCUT2D eigenvalue weighted by Gasteiger charge is -2.18. The Morgan fingerprint density at radius 1 is 1.06 bits per heavy atom. The van der Waals surface area contributed by atoms with E-state index in [4.69, 9.17) is 0 Å². The number of unbranched alkanes of at least 4 members (excludes halogenated alkanes) is 6. The van der Waals surface area contributed by atoms with Gasteiger partial charge in [-0.2, -0.15) is 0 Å². The molecule has 0 radical (unpaired) electrons. The molecule has 1 rings (SSSR count). The van der Waals surface area contributed by atoms with Crippen LogP contribution in [0.2, 0.25) is 0 Å². The second-order valence-corrected chi connectivity index (χ2v) is 5.90. The number of hydrogen-bond acceptors (Lipinski definition) is 1. The van der Waals surface area contributed by atoms with Gasteiger partial charge in [0.05, 0.1) is 5.92 Å². The Bertz CT molecular complexity index is 219. The van der Waals surface area contributed by atoms with Crippen molar-refractivity contribution in [1.29, 1.82) is 0 Å². The highest BCUT2D eigenvalue weighted by Gasteiger charge is 2.29. The third-order valence-corrected chi connectivity index (χ3v) is 4.40. The molecule has 0 bridgehead atoms. The van der Waals surface area contributed by atoms with Crippen LogP contribution >= 0.6 is 0 Å². The smallest absolute Gasteiger partial charge is 0.306 e. The second kappa shape index (κ2) is 9.41. The minimum Gasteiger partial charge on any atom is -0.481 e. The van der Waals surface area contributed by atoms with Crippen LogP contribution in [0.3, 0.4) is 0 Å². The number of carbonyl (C=O) groups is 1. The lowest BCUT2D eigenvalue weighted by molar-refractivity contribution is -0.144. The molecule has 106 valence electrons. The van der Waals surface area contributed by atoms with Gasteiger partial charge in [-0.05, 0) is 25.2 Å². The quantitative estimate of drug-likeness (QED) is 0.556. The fraction of sp³-hybridized carbons (Fsp3) is 0.938. The summed E-state index contributed by atoms with van der Waals surface area (Å²) in [6.45, 7) is 2.24. The lowest BCUT2D eigenvalue weighted by Crippen LogP contribution is -2.21. The van der Waals surface area contributed by atoms with E-state index in [0.717, 1.165) is 25.7 Å². The molecule has 1 saturated carbocycles. The summed E-state index contributed by atoms with van der Waals surface area (Å²) < 4.78 is 0. The molecule has 0 aromatic rings. The molecule has 2 heteroatoms. The Kier molecular flexibility index (Phi) is 8.11. The van der Waals surface area contributed by atoms with Gasteiger partial charge in [0.2, 0.25) is 0 Å². The van der Waals surface area contributed by atoms with Crippen LogP contribution in [0, 0.1) is 11.8 Å². The fourth-order valence-electron chi connectivity index (χ4n) is 3.24. The van der Waals surface area contributed by atoms with Gasteiger partial charge in [-0.1, -0.05) is 64.7 Å². The van der Waals surface area contributed by atoms with Gasteiger partial charge in [0.1, 0.15) is 0 Å². The summed E-state index contributed by atoms with van der Waals surface area (Å²) >= 11 is 0. The van der Waals surface area contributed by atoms with Gasteiger partial charge < -0.3 is 5.11 Å². The number of carboxylic acids is 1. The van der Waals surface area contributed by atoms with E-state index in [0.29, 0.717) is 5.92 Å².